The smallest absolute Gasteiger partial charge is 0.309 e. The zero-order valence-corrected chi connectivity index (χ0v) is 8.31. The molecule has 0 radical (unpaired) electrons. The van der Waals surface area contributed by atoms with Gasteiger partial charge in [-0.2, -0.15) is 0 Å². The van der Waals surface area contributed by atoms with Crippen molar-refractivity contribution in [1.82, 2.24) is 5.32 Å². The molecular weight excluding hydrogens is 213 g/mol. The van der Waals surface area contributed by atoms with Crippen molar-refractivity contribution < 1.29 is 19.1 Å². The number of hydrogen-bond acceptors (Lipinski definition) is 2. The third-order valence-electron chi connectivity index (χ3n) is 2.67. The topological polar surface area (TPSA) is 66.4 Å². The van der Waals surface area contributed by atoms with Crippen molar-refractivity contribution in [2.75, 3.05) is 0 Å². The molecule has 0 aromatic heterocycles. The van der Waals surface area contributed by atoms with Gasteiger partial charge in [-0.3, -0.25) is 9.59 Å². The highest BCUT2D eigenvalue weighted by atomic mass is 19.1. The molecule has 2 atom stereocenters. The molecule has 5 heteroatoms. The first-order valence-electron chi connectivity index (χ1n) is 4.85. The van der Waals surface area contributed by atoms with Crippen molar-refractivity contribution in [3.8, 4) is 0 Å². The van der Waals surface area contributed by atoms with Gasteiger partial charge >= 0.3 is 5.97 Å². The number of aliphatic carboxylic acids is 1. The summed E-state index contributed by atoms with van der Waals surface area (Å²) < 4.78 is 12.7. The first-order chi connectivity index (χ1) is 7.58. The molecule has 1 aliphatic rings. The summed E-state index contributed by atoms with van der Waals surface area (Å²) in [5.41, 5.74) is 0.611. The third kappa shape index (κ3) is 1.88. The van der Waals surface area contributed by atoms with Gasteiger partial charge < -0.3 is 10.4 Å². The van der Waals surface area contributed by atoms with Gasteiger partial charge in [0.1, 0.15) is 5.82 Å². The highest BCUT2D eigenvalue weighted by Gasteiger charge is 2.38. The number of carboxylic acid groups (broad SMARTS) is 1. The van der Waals surface area contributed by atoms with Gasteiger partial charge in [0.25, 0.3) is 0 Å². The number of amides is 1. The monoisotopic (exact) mass is 223 g/mol. The zero-order valence-electron chi connectivity index (χ0n) is 8.31. The Morgan fingerprint density at radius 1 is 1.38 bits per heavy atom. The Balaban J connectivity index is 2.28. The Morgan fingerprint density at radius 2 is 2.00 bits per heavy atom. The average molecular weight is 223 g/mol. The lowest BCUT2D eigenvalue weighted by atomic mass is 9.94. The van der Waals surface area contributed by atoms with Crippen LogP contribution in [0.3, 0.4) is 0 Å². The van der Waals surface area contributed by atoms with Crippen LogP contribution in [0.5, 0.6) is 0 Å². The minimum absolute atomic E-state index is 0.0304. The van der Waals surface area contributed by atoms with Crippen molar-refractivity contribution in [3.63, 3.8) is 0 Å². The fourth-order valence-electron chi connectivity index (χ4n) is 1.87. The Labute approximate surface area is 91.1 Å². The largest absolute Gasteiger partial charge is 0.481 e. The first kappa shape index (κ1) is 10.6. The number of rotatable bonds is 2. The lowest BCUT2D eigenvalue weighted by Crippen LogP contribution is -2.24. The number of benzene rings is 1. The van der Waals surface area contributed by atoms with Crippen LogP contribution in [-0.4, -0.2) is 17.0 Å². The Morgan fingerprint density at radius 3 is 2.56 bits per heavy atom. The SMILES string of the molecule is O=C1CC(C(=O)O)C(c2ccc(F)cc2)N1. The molecule has 2 N–H and O–H groups in total. The van der Waals surface area contributed by atoms with Crippen molar-refractivity contribution in [2.24, 2.45) is 5.92 Å². The van der Waals surface area contributed by atoms with E-state index in [2.05, 4.69) is 5.32 Å². The van der Waals surface area contributed by atoms with Gasteiger partial charge in [0, 0.05) is 6.42 Å². The lowest BCUT2D eigenvalue weighted by molar-refractivity contribution is -0.142. The molecule has 4 nitrogen and oxygen atoms in total. The molecule has 2 unspecified atom stereocenters. The fourth-order valence-corrected chi connectivity index (χ4v) is 1.87. The molecule has 1 aromatic rings. The summed E-state index contributed by atoms with van der Waals surface area (Å²) in [5, 5.41) is 11.5. The molecule has 2 rings (SSSR count). The van der Waals surface area contributed by atoms with Gasteiger partial charge in [0.05, 0.1) is 12.0 Å². The normalized spacial score (nSPS) is 24.2. The van der Waals surface area contributed by atoms with E-state index in [1.165, 1.54) is 24.3 Å². The number of carbonyl (C=O) groups is 2. The van der Waals surface area contributed by atoms with Gasteiger partial charge in [-0.25, -0.2) is 4.39 Å². The van der Waals surface area contributed by atoms with Crippen LogP contribution in [0.15, 0.2) is 24.3 Å². The molecule has 0 aliphatic carbocycles. The van der Waals surface area contributed by atoms with Crippen molar-refractivity contribution >= 4 is 11.9 Å². The van der Waals surface area contributed by atoms with E-state index in [1.807, 2.05) is 0 Å². The average Bonchev–Trinajstić information content (AvgIpc) is 2.61. The maximum Gasteiger partial charge on any atom is 0.309 e. The molecule has 0 bridgehead atoms. The molecule has 1 amide bonds. The van der Waals surface area contributed by atoms with E-state index in [1.54, 1.807) is 0 Å². The van der Waals surface area contributed by atoms with Crippen molar-refractivity contribution in [3.05, 3.63) is 35.6 Å². The van der Waals surface area contributed by atoms with Crippen LogP contribution in [-0.2, 0) is 9.59 Å². The van der Waals surface area contributed by atoms with Crippen LogP contribution in [0.2, 0.25) is 0 Å². The molecule has 0 spiro atoms. The second-order valence-corrected chi connectivity index (χ2v) is 3.75. The molecule has 0 saturated carbocycles. The van der Waals surface area contributed by atoms with Crippen LogP contribution < -0.4 is 5.32 Å². The standard InChI is InChI=1S/C11H10FNO3/c12-7-3-1-6(2-4-7)10-8(11(15)16)5-9(14)13-10/h1-4,8,10H,5H2,(H,13,14)(H,15,16). The fraction of sp³-hybridized carbons (Fsp3) is 0.273. The second kappa shape index (κ2) is 3.92. The lowest BCUT2D eigenvalue weighted by Gasteiger charge is -2.15. The van der Waals surface area contributed by atoms with Crippen LogP contribution >= 0.6 is 0 Å². The molecule has 1 heterocycles. The van der Waals surface area contributed by atoms with Gasteiger partial charge in [-0.05, 0) is 17.7 Å². The molecule has 1 saturated heterocycles. The van der Waals surface area contributed by atoms with Gasteiger partial charge in [0.2, 0.25) is 5.91 Å². The summed E-state index contributed by atoms with van der Waals surface area (Å²) in [7, 11) is 0. The van der Waals surface area contributed by atoms with Gasteiger partial charge in [0.15, 0.2) is 0 Å². The number of hydrogen-bond donors (Lipinski definition) is 2. The van der Waals surface area contributed by atoms with E-state index in [0.717, 1.165) is 0 Å². The van der Waals surface area contributed by atoms with E-state index in [9.17, 15) is 14.0 Å². The van der Waals surface area contributed by atoms with E-state index in [-0.39, 0.29) is 18.1 Å². The number of carbonyl (C=O) groups excluding carboxylic acids is 1. The predicted octanol–water partition coefficient (Wildman–Crippen LogP) is 1.09. The van der Waals surface area contributed by atoms with Crippen molar-refractivity contribution in [2.45, 2.75) is 12.5 Å². The van der Waals surface area contributed by atoms with Gasteiger partial charge in [-0.1, -0.05) is 12.1 Å². The van der Waals surface area contributed by atoms with Crippen molar-refractivity contribution in [1.29, 1.82) is 0 Å². The highest BCUT2D eigenvalue weighted by Crippen LogP contribution is 2.30. The van der Waals surface area contributed by atoms with Crippen LogP contribution in [0.25, 0.3) is 0 Å². The summed E-state index contributed by atoms with van der Waals surface area (Å²) in [4.78, 5) is 22.1. The maximum atomic E-state index is 12.7. The molecule has 16 heavy (non-hydrogen) atoms. The molecular formula is C11H10FNO3. The molecule has 1 fully saturated rings. The summed E-state index contributed by atoms with van der Waals surface area (Å²) >= 11 is 0. The summed E-state index contributed by atoms with van der Waals surface area (Å²) in [6, 6.07) is 4.91. The molecule has 84 valence electrons. The number of nitrogens with one attached hydrogen (secondary N) is 1. The Bertz CT molecular complexity index is 429. The molecule has 1 aromatic carbocycles. The second-order valence-electron chi connectivity index (χ2n) is 3.75. The van der Waals surface area contributed by atoms with E-state index in [4.69, 9.17) is 5.11 Å². The minimum Gasteiger partial charge on any atom is -0.481 e. The van der Waals surface area contributed by atoms with E-state index in [0.29, 0.717) is 5.56 Å². The number of halogens is 1. The number of carboxylic acids is 1. The summed E-state index contributed by atoms with van der Waals surface area (Å²) in [6.45, 7) is 0. The van der Waals surface area contributed by atoms with Gasteiger partial charge in [-0.15, -0.1) is 0 Å². The third-order valence-corrected chi connectivity index (χ3v) is 2.67. The first-order valence-corrected chi connectivity index (χ1v) is 4.85. The minimum atomic E-state index is -1.02. The van der Waals surface area contributed by atoms with Crippen LogP contribution in [0, 0.1) is 11.7 Å². The van der Waals surface area contributed by atoms with E-state index >= 15 is 0 Å². The summed E-state index contributed by atoms with van der Waals surface area (Å²) in [6.07, 6.45) is -0.0304. The highest BCUT2D eigenvalue weighted by molar-refractivity contribution is 5.87. The van der Waals surface area contributed by atoms with E-state index < -0.39 is 17.9 Å². The maximum absolute atomic E-state index is 12.7. The Hall–Kier alpha value is -1.91. The quantitative estimate of drug-likeness (QED) is 0.788. The zero-order chi connectivity index (χ0) is 11.7. The predicted molar refractivity (Wildman–Crippen MR) is 53.0 cm³/mol. The molecule has 1 aliphatic heterocycles. The summed E-state index contributed by atoms with van der Waals surface area (Å²) in [5.74, 6) is -2.48. The van der Waals surface area contributed by atoms with Crippen LogP contribution in [0.4, 0.5) is 4.39 Å². The Kier molecular flexibility index (Phi) is 2.60. The van der Waals surface area contributed by atoms with Crippen LogP contribution in [0.1, 0.15) is 18.0 Å².